The third-order valence-corrected chi connectivity index (χ3v) is 4.59. The third-order valence-electron chi connectivity index (χ3n) is 3.00. The summed E-state index contributed by atoms with van der Waals surface area (Å²) in [7, 11) is 1.78. The van der Waals surface area contributed by atoms with E-state index in [4.69, 9.17) is 0 Å². The van der Waals surface area contributed by atoms with Crippen molar-refractivity contribution in [1.82, 2.24) is 25.5 Å². The molecule has 0 fully saturated rings. The highest BCUT2D eigenvalue weighted by molar-refractivity contribution is 8.00. The number of nitrogens with zero attached hydrogens (tertiary/aromatic N) is 4. The van der Waals surface area contributed by atoms with Crippen molar-refractivity contribution >= 4 is 11.8 Å². The van der Waals surface area contributed by atoms with Crippen LogP contribution in [0.15, 0.2) is 0 Å². The molecule has 1 rings (SSSR count). The number of thioether (sulfide) groups is 1. The highest BCUT2D eigenvalue weighted by Gasteiger charge is 2.24. The van der Waals surface area contributed by atoms with Gasteiger partial charge in [0, 0.05) is 11.3 Å². The second-order valence-corrected chi connectivity index (χ2v) is 5.17. The lowest BCUT2D eigenvalue weighted by molar-refractivity contribution is 0.489. The number of hydrogen-bond acceptors (Lipinski definition) is 5. The lowest BCUT2D eigenvalue weighted by Crippen LogP contribution is -2.36. The van der Waals surface area contributed by atoms with Gasteiger partial charge in [0.2, 0.25) is 0 Å². The molecule has 0 aliphatic rings. The maximum absolute atomic E-state index is 4.13. The van der Waals surface area contributed by atoms with Crippen molar-refractivity contribution in [2.75, 3.05) is 12.8 Å². The Kier molecular flexibility index (Phi) is 5.21. The van der Waals surface area contributed by atoms with Crippen molar-refractivity contribution in [2.45, 2.75) is 38.0 Å². The van der Waals surface area contributed by atoms with E-state index in [0.29, 0.717) is 11.3 Å². The van der Waals surface area contributed by atoms with Gasteiger partial charge in [0.15, 0.2) is 5.82 Å². The van der Waals surface area contributed by atoms with E-state index in [-0.39, 0.29) is 0 Å². The lowest BCUT2D eigenvalue weighted by atomic mass is 10.0. The van der Waals surface area contributed by atoms with Crippen LogP contribution in [0.3, 0.4) is 0 Å². The Bertz CT molecular complexity index is 300. The minimum Gasteiger partial charge on any atom is -0.308 e. The van der Waals surface area contributed by atoms with Crippen molar-refractivity contribution in [3.8, 4) is 0 Å². The van der Waals surface area contributed by atoms with E-state index in [0.717, 1.165) is 12.4 Å². The summed E-state index contributed by atoms with van der Waals surface area (Å²) in [5, 5.41) is 15.3. The molecule has 1 aromatic heterocycles. The molecule has 0 saturated carbocycles. The number of aromatic nitrogens is 4. The Balaban J connectivity index is 2.39. The van der Waals surface area contributed by atoms with Crippen LogP contribution in [0.1, 0.15) is 32.5 Å². The highest BCUT2D eigenvalue weighted by atomic mass is 32.2. The number of nitrogens with one attached hydrogen (secondary N) is 1. The van der Waals surface area contributed by atoms with Crippen LogP contribution in [0.4, 0.5) is 0 Å². The Morgan fingerprint density at radius 2 is 2.06 bits per heavy atom. The number of tetrazole rings is 1. The van der Waals surface area contributed by atoms with E-state index < -0.39 is 0 Å². The Hall–Kier alpha value is -0.620. The molecule has 0 unspecified atom stereocenters. The van der Waals surface area contributed by atoms with Gasteiger partial charge in [-0.05, 0) is 24.3 Å². The minimum absolute atomic E-state index is 0.336. The Labute approximate surface area is 101 Å². The van der Waals surface area contributed by atoms with Crippen LogP contribution >= 0.6 is 11.8 Å². The van der Waals surface area contributed by atoms with Crippen LogP contribution in [-0.4, -0.2) is 37.8 Å². The maximum atomic E-state index is 4.13. The number of rotatable bonds is 7. The molecule has 16 heavy (non-hydrogen) atoms. The molecule has 1 heterocycles. The van der Waals surface area contributed by atoms with Crippen molar-refractivity contribution in [3.63, 3.8) is 0 Å². The van der Waals surface area contributed by atoms with Gasteiger partial charge in [-0.15, -0.1) is 10.2 Å². The van der Waals surface area contributed by atoms with E-state index in [9.17, 15) is 0 Å². The molecular weight excluding hydrogens is 222 g/mol. The monoisotopic (exact) mass is 243 g/mol. The van der Waals surface area contributed by atoms with Gasteiger partial charge in [-0.2, -0.15) is 16.6 Å². The second-order valence-electron chi connectivity index (χ2n) is 3.89. The van der Waals surface area contributed by atoms with E-state index >= 15 is 0 Å². The van der Waals surface area contributed by atoms with Gasteiger partial charge in [0.1, 0.15) is 0 Å². The van der Waals surface area contributed by atoms with Crippen LogP contribution in [0.5, 0.6) is 0 Å². The zero-order valence-corrected chi connectivity index (χ0v) is 11.3. The van der Waals surface area contributed by atoms with E-state index in [1.54, 1.807) is 7.05 Å². The molecule has 1 N–H and O–H groups in total. The molecule has 0 atom stereocenters. The summed E-state index contributed by atoms with van der Waals surface area (Å²) in [4.78, 5) is 1.48. The summed E-state index contributed by atoms with van der Waals surface area (Å²) in [6.07, 6.45) is 4.52. The third kappa shape index (κ3) is 3.45. The number of aryl methyl sites for hydroxylation is 1. The van der Waals surface area contributed by atoms with Crippen LogP contribution < -0.4 is 5.32 Å². The van der Waals surface area contributed by atoms with Crippen molar-refractivity contribution in [2.24, 2.45) is 7.05 Å². The zero-order chi connectivity index (χ0) is 12.0. The first kappa shape index (κ1) is 13.4. The molecule has 0 amide bonds. The molecule has 6 heteroatoms. The molecule has 0 radical (unpaired) electrons. The Morgan fingerprint density at radius 1 is 1.38 bits per heavy atom. The molecule has 1 aromatic rings. The number of hydrogen-bond donors (Lipinski definition) is 1. The molecule has 0 aliphatic carbocycles. The fraction of sp³-hybridized carbons (Fsp3) is 0.900. The average Bonchev–Trinajstić information content (AvgIpc) is 2.71. The van der Waals surface area contributed by atoms with Crippen molar-refractivity contribution in [3.05, 3.63) is 5.82 Å². The second kappa shape index (κ2) is 6.20. The topological polar surface area (TPSA) is 55.6 Å². The van der Waals surface area contributed by atoms with Gasteiger partial charge < -0.3 is 5.32 Å². The first-order valence-corrected chi connectivity index (χ1v) is 6.87. The SMILES string of the molecule is CCC(CC)(CNCc1nnn(C)n1)SC. The molecule has 5 nitrogen and oxygen atoms in total. The van der Waals surface area contributed by atoms with Gasteiger partial charge in [-0.3, -0.25) is 0 Å². The van der Waals surface area contributed by atoms with Crippen molar-refractivity contribution in [1.29, 1.82) is 0 Å². The summed E-state index contributed by atoms with van der Waals surface area (Å²) in [5.41, 5.74) is 0. The predicted molar refractivity (Wildman–Crippen MR) is 67.3 cm³/mol. The fourth-order valence-corrected chi connectivity index (χ4v) is 2.48. The normalized spacial score (nSPS) is 12.0. The minimum atomic E-state index is 0.336. The van der Waals surface area contributed by atoms with Gasteiger partial charge in [-0.1, -0.05) is 13.8 Å². The standard InChI is InChI=1S/C10H21N5S/c1-5-10(6-2,16-4)8-11-7-9-12-14-15(3)13-9/h11H,5-8H2,1-4H3. The zero-order valence-electron chi connectivity index (χ0n) is 10.5. The van der Waals surface area contributed by atoms with Gasteiger partial charge in [0.05, 0.1) is 13.6 Å². The summed E-state index contributed by atoms with van der Waals surface area (Å²) < 4.78 is 0.336. The first-order valence-electron chi connectivity index (χ1n) is 5.64. The van der Waals surface area contributed by atoms with E-state index in [1.807, 2.05) is 11.8 Å². The molecule has 0 bridgehead atoms. The lowest BCUT2D eigenvalue weighted by Gasteiger charge is -2.29. The molecule has 0 spiro atoms. The largest absolute Gasteiger partial charge is 0.308 e. The van der Waals surface area contributed by atoms with Gasteiger partial charge in [0.25, 0.3) is 0 Å². The smallest absolute Gasteiger partial charge is 0.188 e. The average molecular weight is 243 g/mol. The highest BCUT2D eigenvalue weighted by Crippen LogP contribution is 2.29. The molecule has 0 aromatic carbocycles. The first-order chi connectivity index (χ1) is 7.65. The Morgan fingerprint density at radius 3 is 2.50 bits per heavy atom. The van der Waals surface area contributed by atoms with Crippen LogP contribution in [0, 0.1) is 0 Å². The molecular formula is C10H21N5S. The molecule has 0 saturated heterocycles. The predicted octanol–water partition coefficient (Wildman–Crippen LogP) is 1.22. The maximum Gasteiger partial charge on any atom is 0.188 e. The van der Waals surface area contributed by atoms with Crippen LogP contribution in [0.25, 0.3) is 0 Å². The quantitative estimate of drug-likeness (QED) is 0.780. The summed E-state index contributed by atoms with van der Waals surface area (Å²) in [6.45, 7) is 6.15. The van der Waals surface area contributed by atoms with Crippen molar-refractivity contribution < 1.29 is 0 Å². The van der Waals surface area contributed by atoms with E-state index in [1.165, 1.54) is 17.6 Å². The summed E-state index contributed by atoms with van der Waals surface area (Å²) >= 11 is 1.93. The van der Waals surface area contributed by atoms with Crippen LogP contribution in [-0.2, 0) is 13.6 Å². The van der Waals surface area contributed by atoms with E-state index in [2.05, 4.69) is 40.8 Å². The van der Waals surface area contributed by atoms with Gasteiger partial charge >= 0.3 is 0 Å². The fourth-order valence-electron chi connectivity index (χ4n) is 1.66. The summed E-state index contributed by atoms with van der Waals surface area (Å²) in [5.74, 6) is 0.754. The summed E-state index contributed by atoms with van der Waals surface area (Å²) in [6, 6.07) is 0. The van der Waals surface area contributed by atoms with Crippen LogP contribution in [0.2, 0.25) is 0 Å². The molecule has 0 aliphatic heterocycles. The van der Waals surface area contributed by atoms with Gasteiger partial charge in [-0.25, -0.2) is 0 Å². The molecule has 92 valence electrons.